The minimum atomic E-state index is -0.530. The second-order valence-corrected chi connectivity index (χ2v) is 3.96. The molecular weight excluding hydrogens is 288 g/mol. The average Bonchev–Trinajstić information content (AvgIpc) is 2.30. The number of nitrogens with zero attached hydrogens (tertiary/aromatic N) is 2. The van der Waals surface area contributed by atoms with Crippen LogP contribution in [0.15, 0.2) is 47.2 Å². The molecule has 2 aromatic rings. The third kappa shape index (κ3) is 2.79. The maximum Gasteiger partial charge on any atom is 0.329 e. The van der Waals surface area contributed by atoms with Gasteiger partial charge in [0.1, 0.15) is 16.5 Å². The van der Waals surface area contributed by atoms with E-state index in [1.807, 2.05) is 6.07 Å². The van der Waals surface area contributed by atoms with E-state index in [-0.39, 0.29) is 11.4 Å². The van der Waals surface area contributed by atoms with E-state index in [0.717, 1.165) is 6.20 Å². The standard InChI is InChI=1S/C11H7BrN2O3/c12-11-6-10(9(7-13-11)14(15)16)17-8-4-2-1-3-5-8/h1-7H. The van der Waals surface area contributed by atoms with Gasteiger partial charge < -0.3 is 4.74 Å². The molecule has 2 rings (SSSR count). The van der Waals surface area contributed by atoms with E-state index < -0.39 is 4.92 Å². The van der Waals surface area contributed by atoms with Gasteiger partial charge in [0.15, 0.2) is 0 Å². The van der Waals surface area contributed by atoms with Crippen LogP contribution in [-0.2, 0) is 0 Å². The lowest BCUT2D eigenvalue weighted by molar-refractivity contribution is -0.386. The molecule has 0 fully saturated rings. The van der Waals surface area contributed by atoms with Gasteiger partial charge in [-0.15, -0.1) is 0 Å². The number of aromatic nitrogens is 1. The summed E-state index contributed by atoms with van der Waals surface area (Å²) < 4.78 is 5.92. The predicted molar refractivity (Wildman–Crippen MR) is 65.1 cm³/mol. The maximum absolute atomic E-state index is 10.8. The highest BCUT2D eigenvalue weighted by Gasteiger charge is 2.16. The Labute approximate surface area is 105 Å². The van der Waals surface area contributed by atoms with Crippen LogP contribution in [0.5, 0.6) is 11.5 Å². The van der Waals surface area contributed by atoms with Crippen LogP contribution >= 0.6 is 15.9 Å². The molecule has 1 heterocycles. The van der Waals surface area contributed by atoms with Crippen LogP contribution in [0.1, 0.15) is 0 Å². The van der Waals surface area contributed by atoms with Gasteiger partial charge in [-0.2, -0.15) is 0 Å². The first kappa shape index (κ1) is 11.5. The summed E-state index contributed by atoms with van der Waals surface area (Å²) in [6.45, 7) is 0. The predicted octanol–water partition coefficient (Wildman–Crippen LogP) is 3.54. The Morgan fingerprint density at radius 3 is 2.65 bits per heavy atom. The Hall–Kier alpha value is -1.95. The summed E-state index contributed by atoms with van der Waals surface area (Å²) in [4.78, 5) is 14.1. The van der Waals surface area contributed by atoms with Crippen LogP contribution in [0.4, 0.5) is 5.69 Å². The molecule has 0 amide bonds. The van der Waals surface area contributed by atoms with Crippen LogP contribution in [0.2, 0.25) is 0 Å². The van der Waals surface area contributed by atoms with Gasteiger partial charge in [-0.05, 0) is 28.1 Å². The molecule has 6 heteroatoms. The first-order valence-corrected chi connectivity index (χ1v) is 5.49. The zero-order chi connectivity index (χ0) is 12.3. The first-order valence-electron chi connectivity index (χ1n) is 4.69. The van der Waals surface area contributed by atoms with Crippen molar-refractivity contribution in [2.24, 2.45) is 0 Å². The molecule has 0 aliphatic rings. The van der Waals surface area contributed by atoms with E-state index >= 15 is 0 Å². The van der Waals surface area contributed by atoms with Crippen molar-refractivity contribution >= 4 is 21.6 Å². The van der Waals surface area contributed by atoms with E-state index in [1.54, 1.807) is 24.3 Å². The molecule has 17 heavy (non-hydrogen) atoms. The van der Waals surface area contributed by atoms with Gasteiger partial charge in [0.25, 0.3) is 0 Å². The number of para-hydroxylation sites is 1. The van der Waals surface area contributed by atoms with Crippen molar-refractivity contribution in [3.8, 4) is 11.5 Å². The Morgan fingerprint density at radius 1 is 1.29 bits per heavy atom. The van der Waals surface area contributed by atoms with Crippen molar-refractivity contribution in [3.05, 3.63) is 57.3 Å². The molecule has 5 nitrogen and oxygen atoms in total. The number of ether oxygens (including phenoxy) is 1. The number of rotatable bonds is 3. The van der Waals surface area contributed by atoms with Crippen molar-refractivity contribution in [2.75, 3.05) is 0 Å². The van der Waals surface area contributed by atoms with Gasteiger partial charge >= 0.3 is 5.69 Å². The number of hydrogen-bond acceptors (Lipinski definition) is 4. The fourth-order valence-corrected chi connectivity index (χ4v) is 1.55. The van der Waals surface area contributed by atoms with E-state index in [1.165, 1.54) is 6.07 Å². The van der Waals surface area contributed by atoms with Crippen LogP contribution in [0, 0.1) is 10.1 Å². The van der Waals surface area contributed by atoms with Crippen molar-refractivity contribution in [2.45, 2.75) is 0 Å². The second kappa shape index (κ2) is 4.92. The van der Waals surface area contributed by atoms with Gasteiger partial charge in [0.2, 0.25) is 5.75 Å². The van der Waals surface area contributed by atoms with E-state index in [2.05, 4.69) is 20.9 Å². The number of hydrogen-bond donors (Lipinski definition) is 0. The fourth-order valence-electron chi connectivity index (χ4n) is 1.24. The lowest BCUT2D eigenvalue weighted by atomic mass is 10.3. The maximum atomic E-state index is 10.8. The first-order chi connectivity index (χ1) is 8.16. The smallest absolute Gasteiger partial charge is 0.329 e. The van der Waals surface area contributed by atoms with E-state index in [4.69, 9.17) is 4.74 Å². The monoisotopic (exact) mass is 294 g/mol. The average molecular weight is 295 g/mol. The Balaban J connectivity index is 2.37. The lowest BCUT2D eigenvalue weighted by Crippen LogP contribution is -1.94. The third-order valence-electron chi connectivity index (χ3n) is 1.98. The number of nitro groups is 1. The van der Waals surface area contributed by atoms with Crippen molar-refractivity contribution in [3.63, 3.8) is 0 Å². The highest BCUT2D eigenvalue weighted by Crippen LogP contribution is 2.32. The molecule has 0 saturated carbocycles. The number of halogens is 1. The molecule has 0 N–H and O–H groups in total. The summed E-state index contributed by atoms with van der Waals surface area (Å²) in [5.41, 5.74) is -0.169. The van der Waals surface area contributed by atoms with Gasteiger partial charge in [0.05, 0.1) is 4.92 Å². The summed E-state index contributed by atoms with van der Waals surface area (Å²) in [5, 5.41) is 10.8. The molecular formula is C11H7BrN2O3. The van der Waals surface area contributed by atoms with Crippen molar-refractivity contribution < 1.29 is 9.66 Å². The molecule has 0 aliphatic carbocycles. The van der Waals surface area contributed by atoms with Crippen molar-refractivity contribution in [1.29, 1.82) is 0 Å². The highest BCUT2D eigenvalue weighted by molar-refractivity contribution is 9.10. The fraction of sp³-hybridized carbons (Fsp3) is 0. The summed E-state index contributed by atoms with van der Waals surface area (Å²) in [5.74, 6) is 0.691. The molecule has 86 valence electrons. The molecule has 0 spiro atoms. The van der Waals surface area contributed by atoms with Gasteiger partial charge in [0, 0.05) is 6.07 Å². The zero-order valence-electron chi connectivity index (χ0n) is 8.54. The summed E-state index contributed by atoms with van der Waals surface area (Å²) in [6.07, 6.45) is 1.16. The zero-order valence-corrected chi connectivity index (χ0v) is 10.1. The van der Waals surface area contributed by atoms with Crippen LogP contribution in [-0.4, -0.2) is 9.91 Å². The summed E-state index contributed by atoms with van der Waals surface area (Å²) in [7, 11) is 0. The summed E-state index contributed by atoms with van der Waals surface area (Å²) in [6, 6.07) is 10.3. The number of benzene rings is 1. The Bertz CT molecular complexity index is 546. The molecule has 1 aromatic heterocycles. The highest BCUT2D eigenvalue weighted by atomic mass is 79.9. The van der Waals surface area contributed by atoms with E-state index in [0.29, 0.717) is 10.4 Å². The Morgan fingerprint density at radius 2 is 2.00 bits per heavy atom. The number of pyridine rings is 1. The summed E-state index contributed by atoms with van der Waals surface area (Å²) >= 11 is 3.15. The Kier molecular flexibility index (Phi) is 3.34. The van der Waals surface area contributed by atoms with Crippen LogP contribution in [0.3, 0.4) is 0 Å². The molecule has 1 aromatic carbocycles. The molecule has 0 aliphatic heterocycles. The van der Waals surface area contributed by atoms with Gasteiger partial charge in [-0.3, -0.25) is 10.1 Å². The molecule has 0 atom stereocenters. The van der Waals surface area contributed by atoms with Gasteiger partial charge in [-0.25, -0.2) is 4.98 Å². The second-order valence-electron chi connectivity index (χ2n) is 3.15. The largest absolute Gasteiger partial charge is 0.450 e. The molecule has 0 radical (unpaired) electrons. The minimum Gasteiger partial charge on any atom is -0.450 e. The molecule has 0 saturated heterocycles. The van der Waals surface area contributed by atoms with E-state index in [9.17, 15) is 10.1 Å². The van der Waals surface area contributed by atoms with Gasteiger partial charge in [-0.1, -0.05) is 18.2 Å². The van der Waals surface area contributed by atoms with Crippen molar-refractivity contribution in [1.82, 2.24) is 4.98 Å². The topological polar surface area (TPSA) is 65.3 Å². The molecule has 0 unspecified atom stereocenters. The normalized spacial score (nSPS) is 9.94. The minimum absolute atomic E-state index is 0.156. The molecule has 0 bridgehead atoms. The lowest BCUT2D eigenvalue weighted by Gasteiger charge is -2.05. The quantitative estimate of drug-likeness (QED) is 0.493. The van der Waals surface area contributed by atoms with Crippen LogP contribution < -0.4 is 4.74 Å². The SMILES string of the molecule is O=[N+]([O-])c1cnc(Br)cc1Oc1ccccc1. The van der Waals surface area contributed by atoms with Crippen LogP contribution in [0.25, 0.3) is 0 Å². The third-order valence-corrected chi connectivity index (χ3v) is 2.41.